The molecule has 0 amide bonds. The van der Waals surface area contributed by atoms with Crippen LogP contribution in [0.15, 0.2) is 47.5 Å². The Hall–Kier alpha value is -1.65. The summed E-state index contributed by atoms with van der Waals surface area (Å²) in [7, 11) is 1.90. The largest absolute Gasteiger partial charge is 0.507 e. The molecular formula is C15H13ClN2OS. The van der Waals surface area contributed by atoms with E-state index in [1.54, 1.807) is 24.0 Å². The molecule has 20 heavy (non-hydrogen) atoms. The molecule has 0 unspecified atom stereocenters. The maximum Gasteiger partial charge on any atom is 0.128 e. The summed E-state index contributed by atoms with van der Waals surface area (Å²) in [6.45, 7) is 0. The van der Waals surface area contributed by atoms with Crippen LogP contribution in [0.1, 0.15) is 5.82 Å². The van der Waals surface area contributed by atoms with Crippen LogP contribution in [0.2, 0.25) is 5.15 Å². The number of thioether (sulfide) groups is 1. The van der Waals surface area contributed by atoms with Gasteiger partial charge in [-0.1, -0.05) is 35.9 Å². The van der Waals surface area contributed by atoms with E-state index >= 15 is 0 Å². The predicted molar refractivity (Wildman–Crippen MR) is 83.4 cm³/mol. The molecule has 0 aliphatic heterocycles. The molecule has 0 spiro atoms. The maximum atomic E-state index is 9.89. The SMILES string of the molecule is Cn1c(Cl)cnc1CSc1ccc(O)c2ccccc12. The molecule has 102 valence electrons. The third-order valence-corrected chi connectivity index (χ3v) is 4.67. The Bertz CT molecular complexity index is 770. The summed E-state index contributed by atoms with van der Waals surface area (Å²) in [5.41, 5.74) is 0. The van der Waals surface area contributed by atoms with Gasteiger partial charge in [0.05, 0.1) is 11.9 Å². The van der Waals surface area contributed by atoms with Gasteiger partial charge in [0.15, 0.2) is 0 Å². The van der Waals surface area contributed by atoms with E-state index in [-0.39, 0.29) is 0 Å². The number of imidazole rings is 1. The Kier molecular flexibility index (Phi) is 3.59. The standard InChI is InChI=1S/C15H13ClN2OS/c1-18-14(16)8-17-15(18)9-20-13-7-6-12(19)10-4-2-3-5-11(10)13/h2-8,19H,9H2,1H3. The second-order valence-corrected chi connectivity index (χ2v) is 5.88. The molecule has 5 heteroatoms. The van der Waals surface area contributed by atoms with E-state index in [4.69, 9.17) is 11.6 Å². The van der Waals surface area contributed by atoms with Crippen molar-refractivity contribution >= 4 is 34.1 Å². The molecule has 3 nitrogen and oxygen atoms in total. The second-order valence-electron chi connectivity index (χ2n) is 4.47. The van der Waals surface area contributed by atoms with Crippen LogP contribution in [0.3, 0.4) is 0 Å². The first-order valence-corrected chi connectivity index (χ1v) is 7.53. The zero-order chi connectivity index (χ0) is 14.1. The van der Waals surface area contributed by atoms with Gasteiger partial charge in [-0.15, -0.1) is 11.8 Å². The summed E-state index contributed by atoms with van der Waals surface area (Å²) in [5.74, 6) is 1.97. The van der Waals surface area contributed by atoms with Gasteiger partial charge in [-0.3, -0.25) is 0 Å². The van der Waals surface area contributed by atoms with Gasteiger partial charge in [0, 0.05) is 17.3 Å². The number of halogens is 1. The van der Waals surface area contributed by atoms with Crippen LogP contribution in [0.5, 0.6) is 5.75 Å². The Morgan fingerprint density at radius 3 is 2.65 bits per heavy atom. The van der Waals surface area contributed by atoms with Crippen molar-refractivity contribution in [3.63, 3.8) is 0 Å². The number of nitrogens with zero attached hydrogens (tertiary/aromatic N) is 2. The van der Waals surface area contributed by atoms with Gasteiger partial charge >= 0.3 is 0 Å². The summed E-state index contributed by atoms with van der Waals surface area (Å²) in [6.07, 6.45) is 1.66. The summed E-state index contributed by atoms with van der Waals surface area (Å²) >= 11 is 7.67. The average molecular weight is 305 g/mol. The van der Waals surface area contributed by atoms with Crippen molar-refractivity contribution in [3.05, 3.63) is 53.6 Å². The maximum absolute atomic E-state index is 9.89. The molecular weight excluding hydrogens is 292 g/mol. The van der Waals surface area contributed by atoms with Crippen molar-refractivity contribution in [1.82, 2.24) is 9.55 Å². The molecule has 0 saturated heterocycles. The number of aromatic hydroxyl groups is 1. The van der Waals surface area contributed by atoms with Crippen LogP contribution in [0, 0.1) is 0 Å². The van der Waals surface area contributed by atoms with E-state index in [1.807, 2.05) is 41.9 Å². The topological polar surface area (TPSA) is 38.0 Å². The van der Waals surface area contributed by atoms with E-state index < -0.39 is 0 Å². The third-order valence-electron chi connectivity index (χ3n) is 3.25. The number of hydrogen-bond acceptors (Lipinski definition) is 3. The molecule has 0 bridgehead atoms. The number of benzene rings is 2. The minimum Gasteiger partial charge on any atom is -0.507 e. The van der Waals surface area contributed by atoms with Crippen molar-refractivity contribution < 1.29 is 5.11 Å². The minimum absolute atomic E-state index is 0.310. The molecule has 2 aromatic carbocycles. The molecule has 1 N–H and O–H groups in total. The third kappa shape index (κ3) is 2.37. The molecule has 0 atom stereocenters. The highest BCUT2D eigenvalue weighted by Gasteiger charge is 2.08. The lowest BCUT2D eigenvalue weighted by Gasteiger charge is -2.08. The second kappa shape index (κ2) is 5.38. The first-order chi connectivity index (χ1) is 9.66. The lowest BCUT2D eigenvalue weighted by atomic mass is 10.1. The van der Waals surface area contributed by atoms with Crippen molar-refractivity contribution in [1.29, 1.82) is 0 Å². The highest BCUT2D eigenvalue weighted by atomic mass is 35.5. The number of hydrogen-bond donors (Lipinski definition) is 1. The zero-order valence-corrected chi connectivity index (χ0v) is 12.4. The van der Waals surface area contributed by atoms with E-state index in [0.29, 0.717) is 10.9 Å². The van der Waals surface area contributed by atoms with Crippen LogP contribution in [-0.4, -0.2) is 14.7 Å². The number of phenolic OH excluding ortho intramolecular Hbond substituents is 1. The van der Waals surface area contributed by atoms with Crippen LogP contribution in [0.25, 0.3) is 10.8 Å². The highest BCUT2D eigenvalue weighted by Crippen LogP contribution is 2.34. The fraction of sp³-hybridized carbons (Fsp3) is 0.133. The Labute approximate surface area is 126 Å². The van der Waals surface area contributed by atoms with Crippen LogP contribution >= 0.6 is 23.4 Å². The molecule has 0 radical (unpaired) electrons. The monoisotopic (exact) mass is 304 g/mol. The smallest absolute Gasteiger partial charge is 0.128 e. The Morgan fingerprint density at radius 1 is 1.20 bits per heavy atom. The Morgan fingerprint density at radius 2 is 1.95 bits per heavy atom. The van der Waals surface area contributed by atoms with Gasteiger partial charge in [-0.2, -0.15) is 0 Å². The van der Waals surface area contributed by atoms with Gasteiger partial charge in [0.2, 0.25) is 0 Å². The fourth-order valence-electron chi connectivity index (χ4n) is 2.08. The lowest BCUT2D eigenvalue weighted by Crippen LogP contribution is -1.95. The lowest BCUT2D eigenvalue weighted by molar-refractivity contribution is 0.481. The summed E-state index contributed by atoms with van der Waals surface area (Å²) in [4.78, 5) is 5.41. The molecule has 3 aromatic rings. The highest BCUT2D eigenvalue weighted by molar-refractivity contribution is 7.98. The van der Waals surface area contributed by atoms with Gasteiger partial charge in [-0.25, -0.2) is 4.98 Å². The average Bonchev–Trinajstić information content (AvgIpc) is 2.79. The molecule has 0 saturated carbocycles. The molecule has 3 rings (SSSR count). The van der Waals surface area contributed by atoms with Gasteiger partial charge in [0.1, 0.15) is 16.7 Å². The molecule has 1 heterocycles. The molecule has 0 fully saturated rings. The number of phenols is 1. The van der Waals surface area contributed by atoms with Gasteiger partial charge in [0.25, 0.3) is 0 Å². The van der Waals surface area contributed by atoms with E-state index in [1.165, 1.54) is 0 Å². The van der Waals surface area contributed by atoms with Crippen molar-refractivity contribution in [2.45, 2.75) is 10.6 Å². The number of aromatic nitrogens is 2. The van der Waals surface area contributed by atoms with Gasteiger partial charge < -0.3 is 9.67 Å². The summed E-state index contributed by atoms with van der Waals surface area (Å²) < 4.78 is 1.87. The van der Waals surface area contributed by atoms with Crippen LogP contribution in [-0.2, 0) is 12.8 Å². The molecule has 0 aliphatic rings. The van der Waals surface area contributed by atoms with Crippen molar-refractivity contribution in [2.75, 3.05) is 0 Å². The Balaban J connectivity index is 1.92. The van der Waals surface area contributed by atoms with Crippen LogP contribution in [0.4, 0.5) is 0 Å². The molecule has 1 aromatic heterocycles. The van der Waals surface area contributed by atoms with Crippen LogP contribution < -0.4 is 0 Å². The van der Waals surface area contributed by atoms with E-state index in [0.717, 1.165) is 27.2 Å². The van der Waals surface area contributed by atoms with E-state index in [2.05, 4.69) is 4.98 Å². The zero-order valence-electron chi connectivity index (χ0n) is 10.9. The first kappa shape index (κ1) is 13.3. The summed E-state index contributed by atoms with van der Waals surface area (Å²) in [5, 5.41) is 12.4. The molecule has 0 aliphatic carbocycles. The fourth-order valence-corrected chi connectivity index (χ4v) is 3.28. The minimum atomic E-state index is 0.310. The normalized spacial score (nSPS) is 11.1. The van der Waals surface area contributed by atoms with Gasteiger partial charge in [-0.05, 0) is 17.5 Å². The number of rotatable bonds is 3. The summed E-state index contributed by atoms with van der Waals surface area (Å²) in [6, 6.07) is 11.5. The predicted octanol–water partition coefficient (Wildman–Crippen LogP) is 4.22. The quantitative estimate of drug-likeness (QED) is 0.736. The van der Waals surface area contributed by atoms with E-state index in [9.17, 15) is 5.11 Å². The van der Waals surface area contributed by atoms with Crippen molar-refractivity contribution in [2.24, 2.45) is 7.05 Å². The van der Waals surface area contributed by atoms with Crippen molar-refractivity contribution in [3.8, 4) is 5.75 Å². The number of fused-ring (bicyclic) bond motifs is 1. The first-order valence-electron chi connectivity index (χ1n) is 6.16.